The summed E-state index contributed by atoms with van der Waals surface area (Å²) < 4.78 is 11.4. The molecule has 0 saturated carbocycles. The van der Waals surface area contributed by atoms with E-state index in [1.54, 1.807) is 18.4 Å². The Morgan fingerprint density at radius 2 is 2.16 bits per heavy atom. The second kappa shape index (κ2) is 6.69. The summed E-state index contributed by atoms with van der Waals surface area (Å²) in [4.78, 5) is 15.8. The van der Waals surface area contributed by atoms with Crippen molar-refractivity contribution in [1.82, 2.24) is 4.90 Å². The van der Waals surface area contributed by atoms with Crippen LogP contribution in [0.25, 0.3) is 0 Å². The molecule has 1 aromatic carbocycles. The fourth-order valence-electron chi connectivity index (χ4n) is 3.70. The number of rotatable bonds is 2. The molecule has 2 amide bonds. The fourth-order valence-corrected chi connectivity index (χ4v) is 4.87. The molecule has 5 nitrogen and oxygen atoms in total. The highest BCUT2D eigenvalue weighted by molar-refractivity contribution is 7.10. The second-order valence-electron chi connectivity index (χ2n) is 6.52. The van der Waals surface area contributed by atoms with Crippen LogP contribution in [0, 0.1) is 0 Å². The number of methoxy groups -OCH3 is 1. The standard InChI is InChI=1S/C19H22N2O3S/c1-23-16-4-2-3-15(13-16)20-18(22)21-9-7-19(8-10-21)17-14(5-11-24-19)6-12-25-17/h2-4,6,12-13H,5,7-11H2,1H3,(H,20,22). The Balaban J connectivity index is 1.41. The van der Waals surface area contributed by atoms with Gasteiger partial charge in [-0.1, -0.05) is 6.07 Å². The van der Waals surface area contributed by atoms with E-state index in [-0.39, 0.29) is 11.6 Å². The summed E-state index contributed by atoms with van der Waals surface area (Å²) in [7, 11) is 1.62. The van der Waals surface area contributed by atoms with Crippen molar-refractivity contribution >= 4 is 23.1 Å². The molecule has 0 bridgehead atoms. The summed E-state index contributed by atoms with van der Waals surface area (Å²) in [5.74, 6) is 0.733. The maximum absolute atomic E-state index is 12.6. The number of fused-ring (bicyclic) bond motifs is 2. The molecular formula is C19H22N2O3S. The third kappa shape index (κ3) is 3.12. The van der Waals surface area contributed by atoms with Crippen molar-refractivity contribution in [3.05, 3.63) is 46.2 Å². The van der Waals surface area contributed by atoms with Crippen molar-refractivity contribution in [3.63, 3.8) is 0 Å². The van der Waals surface area contributed by atoms with Crippen LogP contribution in [0.15, 0.2) is 35.7 Å². The summed E-state index contributed by atoms with van der Waals surface area (Å²) in [6.45, 7) is 2.18. The number of thiophene rings is 1. The smallest absolute Gasteiger partial charge is 0.321 e. The molecule has 1 saturated heterocycles. The third-order valence-corrected chi connectivity index (χ3v) is 6.23. The highest BCUT2D eigenvalue weighted by Gasteiger charge is 2.42. The van der Waals surface area contributed by atoms with Gasteiger partial charge in [0.15, 0.2) is 0 Å². The summed E-state index contributed by atoms with van der Waals surface area (Å²) in [5.41, 5.74) is 1.98. The monoisotopic (exact) mass is 358 g/mol. The van der Waals surface area contributed by atoms with Gasteiger partial charge in [-0.25, -0.2) is 4.79 Å². The number of carbonyl (C=O) groups excluding carboxylic acids is 1. The van der Waals surface area contributed by atoms with Crippen LogP contribution in [0.2, 0.25) is 0 Å². The van der Waals surface area contributed by atoms with Crippen LogP contribution in [0.4, 0.5) is 10.5 Å². The Kier molecular flexibility index (Phi) is 4.39. The molecular weight excluding hydrogens is 336 g/mol. The first-order chi connectivity index (χ1) is 12.2. The van der Waals surface area contributed by atoms with E-state index in [1.165, 1.54) is 10.4 Å². The largest absolute Gasteiger partial charge is 0.497 e. The second-order valence-corrected chi connectivity index (χ2v) is 7.43. The van der Waals surface area contributed by atoms with Crippen LogP contribution >= 0.6 is 11.3 Å². The molecule has 1 fully saturated rings. The molecule has 2 aliphatic rings. The van der Waals surface area contributed by atoms with Gasteiger partial charge in [0.05, 0.1) is 13.7 Å². The number of piperidine rings is 1. The molecule has 4 rings (SSSR count). The van der Waals surface area contributed by atoms with Gasteiger partial charge < -0.3 is 19.7 Å². The van der Waals surface area contributed by atoms with Crippen LogP contribution < -0.4 is 10.1 Å². The zero-order chi connectivity index (χ0) is 17.3. The van der Waals surface area contributed by atoms with Gasteiger partial charge in [0.25, 0.3) is 0 Å². The predicted molar refractivity (Wildman–Crippen MR) is 98.5 cm³/mol. The number of urea groups is 1. The van der Waals surface area contributed by atoms with Crippen molar-refractivity contribution in [1.29, 1.82) is 0 Å². The van der Waals surface area contributed by atoms with Gasteiger partial charge in [0.1, 0.15) is 11.4 Å². The summed E-state index contributed by atoms with van der Waals surface area (Å²) in [6, 6.07) is 9.57. The molecule has 0 aliphatic carbocycles. The molecule has 132 valence electrons. The molecule has 2 aliphatic heterocycles. The van der Waals surface area contributed by atoms with E-state index in [4.69, 9.17) is 9.47 Å². The minimum absolute atomic E-state index is 0.0645. The van der Waals surface area contributed by atoms with Gasteiger partial charge in [-0.05, 0) is 48.4 Å². The number of amides is 2. The number of nitrogens with zero attached hydrogens (tertiary/aromatic N) is 1. The van der Waals surface area contributed by atoms with Crippen molar-refractivity contribution in [2.75, 3.05) is 32.1 Å². The third-order valence-electron chi connectivity index (χ3n) is 5.09. The molecule has 1 aromatic heterocycles. The molecule has 1 spiro atoms. The van der Waals surface area contributed by atoms with E-state index < -0.39 is 0 Å². The molecule has 0 radical (unpaired) electrons. The first kappa shape index (κ1) is 16.4. The minimum atomic E-state index is -0.186. The Hall–Kier alpha value is -2.05. The van der Waals surface area contributed by atoms with E-state index in [0.29, 0.717) is 13.1 Å². The number of ether oxygens (including phenoxy) is 2. The number of benzene rings is 1. The molecule has 1 N–H and O–H groups in total. The average Bonchev–Trinajstić information content (AvgIpc) is 3.13. The van der Waals surface area contributed by atoms with Gasteiger partial charge >= 0.3 is 6.03 Å². The van der Waals surface area contributed by atoms with E-state index in [1.807, 2.05) is 29.2 Å². The van der Waals surface area contributed by atoms with E-state index in [0.717, 1.165) is 37.3 Å². The van der Waals surface area contributed by atoms with Crippen molar-refractivity contribution in [2.45, 2.75) is 24.9 Å². The zero-order valence-corrected chi connectivity index (χ0v) is 15.1. The highest BCUT2D eigenvalue weighted by Crippen LogP contribution is 2.44. The van der Waals surface area contributed by atoms with Gasteiger partial charge in [-0.3, -0.25) is 0 Å². The van der Waals surface area contributed by atoms with Crippen LogP contribution in [-0.4, -0.2) is 37.7 Å². The lowest BCUT2D eigenvalue weighted by Gasteiger charge is -2.43. The number of hydrogen-bond acceptors (Lipinski definition) is 4. The minimum Gasteiger partial charge on any atom is -0.497 e. The Labute approximate surface area is 151 Å². The lowest BCUT2D eigenvalue weighted by Crippen LogP contribution is -2.49. The lowest BCUT2D eigenvalue weighted by molar-refractivity contribution is -0.0891. The number of likely N-dealkylation sites (tertiary alicyclic amines) is 1. The zero-order valence-electron chi connectivity index (χ0n) is 14.3. The number of hydrogen-bond donors (Lipinski definition) is 1. The normalized spacial score (nSPS) is 18.7. The first-order valence-corrected chi connectivity index (χ1v) is 9.49. The number of anilines is 1. The molecule has 3 heterocycles. The van der Waals surface area contributed by atoms with Crippen molar-refractivity contribution < 1.29 is 14.3 Å². The Morgan fingerprint density at radius 3 is 2.96 bits per heavy atom. The maximum atomic E-state index is 12.6. The molecule has 25 heavy (non-hydrogen) atoms. The topological polar surface area (TPSA) is 50.8 Å². The van der Waals surface area contributed by atoms with Gasteiger partial charge in [-0.2, -0.15) is 0 Å². The fraction of sp³-hybridized carbons (Fsp3) is 0.421. The average molecular weight is 358 g/mol. The van der Waals surface area contributed by atoms with Crippen molar-refractivity contribution in [2.24, 2.45) is 0 Å². The SMILES string of the molecule is COc1cccc(NC(=O)N2CCC3(CC2)OCCc2ccsc23)c1. The molecule has 6 heteroatoms. The van der Waals surface area contributed by atoms with Crippen LogP contribution in [0.3, 0.4) is 0 Å². The lowest BCUT2D eigenvalue weighted by atomic mass is 9.85. The van der Waals surface area contributed by atoms with Gasteiger partial charge in [0, 0.05) is 29.7 Å². The van der Waals surface area contributed by atoms with Gasteiger partial charge in [0.2, 0.25) is 0 Å². The van der Waals surface area contributed by atoms with Crippen LogP contribution in [-0.2, 0) is 16.8 Å². The van der Waals surface area contributed by atoms with E-state index in [9.17, 15) is 4.79 Å². The van der Waals surface area contributed by atoms with E-state index in [2.05, 4.69) is 16.8 Å². The summed E-state index contributed by atoms with van der Waals surface area (Å²) in [6.07, 6.45) is 2.71. The highest BCUT2D eigenvalue weighted by atomic mass is 32.1. The molecule has 0 atom stereocenters. The van der Waals surface area contributed by atoms with E-state index >= 15 is 0 Å². The van der Waals surface area contributed by atoms with Crippen molar-refractivity contribution in [3.8, 4) is 5.75 Å². The van der Waals surface area contributed by atoms with Crippen LogP contribution in [0.5, 0.6) is 5.75 Å². The van der Waals surface area contributed by atoms with Crippen LogP contribution in [0.1, 0.15) is 23.3 Å². The summed E-state index contributed by atoms with van der Waals surface area (Å²) in [5, 5.41) is 5.12. The molecule has 0 unspecified atom stereocenters. The number of nitrogens with one attached hydrogen (secondary N) is 1. The number of carbonyl (C=O) groups is 1. The summed E-state index contributed by atoms with van der Waals surface area (Å²) >= 11 is 1.79. The predicted octanol–water partition coefficient (Wildman–Crippen LogP) is 3.85. The Bertz CT molecular complexity index is 766. The maximum Gasteiger partial charge on any atom is 0.321 e. The molecule has 2 aromatic rings. The Morgan fingerprint density at radius 1 is 1.32 bits per heavy atom. The van der Waals surface area contributed by atoms with Gasteiger partial charge in [-0.15, -0.1) is 11.3 Å². The quantitative estimate of drug-likeness (QED) is 0.887. The first-order valence-electron chi connectivity index (χ1n) is 8.61.